The van der Waals surface area contributed by atoms with Crippen molar-refractivity contribution in [2.75, 3.05) is 5.32 Å². The molecule has 0 atom stereocenters. The summed E-state index contributed by atoms with van der Waals surface area (Å²) in [4.78, 5) is 12.4. The number of aromatic nitrogens is 2. The van der Waals surface area contributed by atoms with E-state index in [9.17, 15) is 22.4 Å². The van der Waals surface area contributed by atoms with E-state index in [0.29, 0.717) is 16.5 Å². The summed E-state index contributed by atoms with van der Waals surface area (Å²) >= 11 is 9.39. The van der Waals surface area contributed by atoms with Gasteiger partial charge in [0.05, 0.1) is 23.5 Å². The quantitative estimate of drug-likeness (QED) is 0.164. The van der Waals surface area contributed by atoms with Crippen LogP contribution >= 0.6 is 27.5 Å². The van der Waals surface area contributed by atoms with Gasteiger partial charge in [-0.15, -0.1) is 0 Å². The van der Waals surface area contributed by atoms with Gasteiger partial charge >= 0.3 is 0 Å². The van der Waals surface area contributed by atoms with Crippen molar-refractivity contribution in [2.24, 2.45) is 0 Å². The number of carbonyl (C=O) groups excluding carboxylic acids is 1. The highest BCUT2D eigenvalue weighted by atomic mass is 79.9. The molecule has 0 radical (unpaired) electrons. The third-order valence-corrected chi connectivity index (χ3v) is 5.36. The van der Waals surface area contributed by atoms with Crippen LogP contribution in [0.1, 0.15) is 21.9 Å². The van der Waals surface area contributed by atoms with Gasteiger partial charge in [-0.2, -0.15) is 5.10 Å². The van der Waals surface area contributed by atoms with Crippen LogP contribution in [-0.2, 0) is 13.2 Å². The van der Waals surface area contributed by atoms with Crippen LogP contribution in [0.5, 0.6) is 5.75 Å². The summed E-state index contributed by atoms with van der Waals surface area (Å²) in [7, 11) is 0. The minimum Gasteiger partial charge on any atom is -0.484 e. The summed E-state index contributed by atoms with van der Waals surface area (Å²) in [6.07, 6.45) is 2.48. The van der Waals surface area contributed by atoms with Crippen LogP contribution in [0.25, 0.3) is 0 Å². The zero-order chi connectivity index (χ0) is 24.4. The number of rotatable bonds is 7. The number of amides is 1. The average molecular weight is 559 g/mol. The van der Waals surface area contributed by atoms with Crippen molar-refractivity contribution in [3.63, 3.8) is 0 Å². The molecule has 1 N–H and O–H groups in total. The Morgan fingerprint density at radius 2 is 1.91 bits per heavy atom. The molecule has 2 aromatic carbocycles. The third kappa shape index (κ3) is 5.26. The van der Waals surface area contributed by atoms with E-state index in [-0.39, 0.29) is 24.1 Å². The summed E-state index contributed by atoms with van der Waals surface area (Å²) in [5, 5.41) is 6.77. The van der Waals surface area contributed by atoms with Crippen LogP contribution in [0, 0.1) is 23.3 Å². The Kier molecular flexibility index (Phi) is 6.94. The highest BCUT2D eigenvalue weighted by Crippen LogP contribution is 2.28. The number of halogens is 6. The number of nitrogens with zero attached hydrogens (tertiary/aromatic N) is 2. The molecule has 0 spiro atoms. The lowest BCUT2D eigenvalue weighted by atomic mass is 10.2. The molecule has 176 valence electrons. The first kappa shape index (κ1) is 23.8. The zero-order valence-corrected chi connectivity index (χ0v) is 19.3. The second-order valence-corrected chi connectivity index (χ2v) is 8.28. The molecule has 2 heterocycles. The molecule has 2 aromatic heterocycles. The normalized spacial score (nSPS) is 11.0. The van der Waals surface area contributed by atoms with Crippen molar-refractivity contribution < 1.29 is 31.5 Å². The Hall–Kier alpha value is -3.31. The van der Waals surface area contributed by atoms with E-state index in [1.165, 1.54) is 18.5 Å². The molecule has 12 heteroatoms. The molecule has 6 nitrogen and oxygen atoms in total. The summed E-state index contributed by atoms with van der Waals surface area (Å²) < 4.78 is 67.1. The van der Waals surface area contributed by atoms with Gasteiger partial charge in [0.2, 0.25) is 0 Å². The van der Waals surface area contributed by atoms with Gasteiger partial charge in [-0.05, 0) is 30.3 Å². The maximum Gasteiger partial charge on any atom is 0.291 e. The number of furan rings is 1. The number of carbonyl (C=O) groups is 1. The predicted molar refractivity (Wildman–Crippen MR) is 118 cm³/mol. The fourth-order valence-electron chi connectivity index (χ4n) is 2.94. The first-order chi connectivity index (χ1) is 16.2. The minimum atomic E-state index is -1.78. The zero-order valence-electron chi connectivity index (χ0n) is 16.9. The van der Waals surface area contributed by atoms with Crippen molar-refractivity contribution in [1.82, 2.24) is 9.78 Å². The topological polar surface area (TPSA) is 69.3 Å². The molecule has 1 amide bonds. The molecule has 4 aromatic rings. The van der Waals surface area contributed by atoms with Gasteiger partial charge in [0.15, 0.2) is 23.2 Å². The van der Waals surface area contributed by atoms with Crippen molar-refractivity contribution in [2.45, 2.75) is 13.2 Å². The SMILES string of the molecule is O=C(Nc1cnn(Cc2c(F)cc(F)c(F)c2F)c1)c1ccc(COc2ccc(Br)cc2Cl)o1. The molecule has 0 saturated heterocycles. The van der Waals surface area contributed by atoms with Crippen LogP contribution in [-0.4, -0.2) is 15.7 Å². The van der Waals surface area contributed by atoms with Crippen LogP contribution in [0.3, 0.4) is 0 Å². The van der Waals surface area contributed by atoms with Gasteiger partial charge in [-0.25, -0.2) is 17.6 Å². The second-order valence-electron chi connectivity index (χ2n) is 6.96. The van der Waals surface area contributed by atoms with E-state index in [0.717, 1.165) is 9.15 Å². The van der Waals surface area contributed by atoms with Crippen LogP contribution in [0.4, 0.5) is 23.2 Å². The smallest absolute Gasteiger partial charge is 0.291 e. The molecular formula is C22H13BrClF4N3O3. The molecule has 0 unspecified atom stereocenters. The van der Waals surface area contributed by atoms with Gasteiger partial charge in [0, 0.05) is 22.3 Å². The van der Waals surface area contributed by atoms with Crippen molar-refractivity contribution in [3.05, 3.63) is 98.6 Å². The summed E-state index contributed by atoms with van der Waals surface area (Å²) in [6, 6.07) is 8.36. The van der Waals surface area contributed by atoms with Gasteiger partial charge in [0.1, 0.15) is 23.9 Å². The lowest BCUT2D eigenvalue weighted by molar-refractivity contribution is 0.0992. The van der Waals surface area contributed by atoms with E-state index in [1.807, 2.05) is 0 Å². The Morgan fingerprint density at radius 1 is 1.12 bits per heavy atom. The second kappa shape index (κ2) is 9.90. The summed E-state index contributed by atoms with van der Waals surface area (Å²) in [5.74, 6) is -6.14. The molecule has 0 aliphatic heterocycles. The largest absolute Gasteiger partial charge is 0.484 e. The molecule has 34 heavy (non-hydrogen) atoms. The van der Waals surface area contributed by atoms with Crippen LogP contribution in [0.2, 0.25) is 5.02 Å². The standard InChI is InChI=1S/C22H13BrClF4N3O3/c23-11-1-3-18(15(24)5-11)33-10-13-2-4-19(34-13)22(32)30-12-7-29-31(8-12)9-14-16(25)6-17(26)21(28)20(14)27/h1-8H,9-10H2,(H,30,32). The number of ether oxygens (including phenoxy) is 1. The number of benzene rings is 2. The average Bonchev–Trinajstić information content (AvgIpc) is 3.44. The van der Waals surface area contributed by atoms with E-state index in [1.54, 1.807) is 24.3 Å². The van der Waals surface area contributed by atoms with E-state index in [2.05, 4.69) is 26.3 Å². The third-order valence-electron chi connectivity index (χ3n) is 4.57. The van der Waals surface area contributed by atoms with Gasteiger partial charge in [-0.1, -0.05) is 27.5 Å². The number of nitrogens with one attached hydrogen (secondary N) is 1. The van der Waals surface area contributed by atoms with Crippen LogP contribution in [0.15, 0.2) is 57.7 Å². The fourth-order valence-corrected chi connectivity index (χ4v) is 3.66. The fraction of sp³-hybridized carbons (Fsp3) is 0.0909. The first-order valence-electron chi connectivity index (χ1n) is 9.53. The van der Waals surface area contributed by atoms with Crippen molar-refractivity contribution in [3.8, 4) is 5.75 Å². The Bertz CT molecular complexity index is 1380. The van der Waals surface area contributed by atoms with Gasteiger partial charge in [-0.3, -0.25) is 9.48 Å². The van der Waals surface area contributed by atoms with Crippen molar-refractivity contribution >= 4 is 39.1 Å². The Labute approximate surface area is 203 Å². The first-order valence-corrected chi connectivity index (χ1v) is 10.7. The monoisotopic (exact) mass is 557 g/mol. The summed E-state index contributed by atoms with van der Waals surface area (Å²) in [5.41, 5.74) is -0.523. The molecule has 4 rings (SSSR count). The van der Waals surface area contributed by atoms with E-state index in [4.69, 9.17) is 20.8 Å². The molecule has 0 fully saturated rings. The summed E-state index contributed by atoms with van der Waals surface area (Å²) in [6.45, 7) is -0.497. The molecule has 0 aliphatic carbocycles. The Morgan fingerprint density at radius 3 is 2.68 bits per heavy atom. The highest BCUT2D eigenvalue weighted by Gasteiger charge is 2.20. The van der Waals surface area contributed by atoms with Crippen molar-refractivity contribution in [1.29, 1.82) is 0 Å². The minimum absolute atomic E-state index is 0.0223. The van der Waals surface area contributed by atoms with Gasteiger partial charge in [0.25, 0.3) is 5.91 Å². The Balaban J connectivity index is 1.38. The van der Waals surface area contributed by atoms with Crippen LogP contribution < -0.4 is 10.1 Å². The molecule has 0 bridgehead atoms. The molecular weight excluding hydrogens is 546 g/mol. The predicted octanol–water partition coefficient (Wildman–Crippen LogP) is 6.33. The molecule has 0 saturated carbocycles. The maximum atomic E-state index is 13.9. The number of anilines is 1. The maximum absolute atomic E-state index is 13.9. The lowest BCUT2D eigenvalue weighted by Gasteiger charge is -2.07. The highest BCUT2D eigenvalue weighted by molar-refractivity contribution is 9.10. The number of hydrogen-bond donors (Lipinski definition) is 1. The van der Waals surface area contributed by atoms with E-state index >= 15 is 0 Å². The van der Waals surface area contributed by atoms with Gasteiger partial charge < -0.3 is 14.5 Å². The number of hydrogen-bond acceptors (Lipinski definition) is 4. The lowest BCUT2D eigenvalue weighted by Crippen LogP contribution is -2.11. The van der Waals surface area contributed by atoms with E-state index < -0.39 is 41.3 Å². The molecule has 0 aliphatic rings.